The number of fused-ring (bicyclic) bond motifs is 2. The summed E-state index contributed by atoms with van der Waals surface area (Å²) < 4.78 is 0. The Bertz CT molecular complexity index is 3820. The molecular weight excluding hydrogens is 1260 g/mol. The molecule has 10 amide bonds. The molecule has 1 aliphatic heterocycles. The zero-order chi connectivity index (χ0) is 71.3. The van der Waals surface area contributed by atoms with Crippen molar-refractivity contribution in [3.63, 3.8) is 0 Å². The number of H-pyrrole nitrogens is 2. The number of nitrogens with zero attached hydrogens (tertiary/aromatic N) is 1. The van der Waals surface area contributed by atoms with Crippen LogP contribution in [0.2, 0.25) is 0 Å². The quantitative estimate of drug-likeness (QED) is 0.0257. The van der Waals surface area contributed by atoms with Gasteiger partial charge in [0.1, 0.15) is 60.1 Å². The number of aromatic hydroxyl groups is 1. The van der Waals surface area contributed by atoms with Crippen LogP contribution in [0.3, 0.4) is 0 Å². The molecule has 524 valence electrons. The number of aliphatic carboxylic acids is 2. The second-order valence-electron chi connectivity index (χ2n) is 25.3. The number of aromatic amines is 2. The fourth-order valence-corrected chi connectivity index (χ4v) is 11.6. The minimum absolute atomic E-state index is 0.0188. The first-order valence-corrected chi connectivity index (χ1v) is 32.5. The van der Waals surface area contributed by atoms with Crippen LogP contribution in [0.15, 0.2) is 116 Å². The van der Waals surface area contributed by atoms with Crippen molar-refractivity contribution in [3.05, 3.63) is 138 Å². The number of amides is 10. The highest BCUT2D eigenvalue weighted by atomic mass is 16.4. The molecule has 0 aliphatic carbocycles. The molecule has 3 heterocycles. The van der Waals surface area contributed by atoms with E-state index >= 15 is 9.59 Å². The Kier molecular flexibility index (Phi) is 27.0. The third-order valence-electron chi connectivity index (χ3n) is 16.9. The van der Waals surface area contributed by atoms with Crippen molar-refractivity contribution in [2.45, 2.75) is 159 Å². The molecule has 2 aromatic heterocycles. The van der Waals surface area contributed by atoms with Crippen LogP contribution in [0.4, 0.5) is 0 Å². The summed E-state index contributed by atoms with van der Waals surface area (Å²) in [6.07, 6.45) is 1.19. The average molecular weight is 1350 g/mol. The third kappa shape index (κ3) is 21.2. The number of primary amides is 1. The molecule has 7 rings (SSSR count). The van der Waals surface area contributed by atoms with Gasteiger partial charge in [0.2, 0.25) is 59.1 Å². The van der Waals surface area contributed by atoms with Gasteiger partial charge in [-0.25, -0.2) is 4.79 Å². The molecule has 4 aromatic carbocycles. The first-order chi connectivity index (χ1) is 46.7. The van der Waals surface area contributed by atoms with Gasteiger partial charge in [-0.2, -0.15) is 0 Å². The van der Waals surface area contributed by atoms with E-state index in [4.69, 9.17) is 17.2 Å². The SMILES string of the molecule is CC(C)C[C@H](NC(=O)[C@H](CCCN)NC(=O)[C@@H](N)C(C)C)C(=O)N[C@@H](Cc1ccc(O)cc1)C(=O)N1CCC[C@H]1C(=O)N[C@@H](Cc1ccccc1)C(=O)N[C@@H](Cc1c[nH]c2ccccc12)C(=O)N[C@@H](CC(N)=O)C(=O)N[C@@H](CC(=O)O)C(=O)N[C@@H](Cc1c[nH]c2ccccc12)C(=O)O. The Labute approximate surface area is 565 Å². The lowest BCUT2D eigenvalue weighted by Crippen LogP contribution is -2.61. The van der Waals surface area contributed by atoms with Crippen LogP contribution >= 0.6 is 0 Å². The number of nitrogens with one attached hydrogen (secondary N) is 10. The molecule has 1 fully saturated rings. The molecule has 0 radical (unpaired) electrons. The van der Waals surface area contributed by atoms with E-state index in [1.165, 1.54) is 17.0 Å². The maximum Gasteiger partial charge on any atom is 0.326 e. The second-order valence-corrected chi connectivity index (χ2v) is 25.3. The lowest BCUT2D eigenvalue weighted by molar-refractivity contribution is -0.144. The molecule has 19 N–H and O–H groups in total. The zero-order valence-electron chi connectivity index (χ0n) is 55.0. The Morgan fingerprint density at radius 1 is 0.531 bits per heavy atom. The van der Waals surface area contributed by atoms with Gasteiger partial charge in [0.15, 0.2) is 0 Å². The van der Waals surface area contributed by atoms with Crippen LogP contribution in [-0.2, 0) is 83.2 Å². The van der Waals surface area contributed by atoms with Gasteiger partial charge in [0, 0.05) is 66.4 Å². The number of nitrogens with two attached hydrogens (primary N) is 3. The number of hydrogen-bond acceptors (Lipinski definition) is 15. The van der Waals surface area contributed by atoms with Crippen molar-refractivity contribution in [1.29, 1.82) is 0 Å². The standard InChI is InChI=1S/C69H88N14O15/c1-37(2)28-49(76-60(88)48(20-12-26-70)75-67(95)59(72)38(3)4)61(89)81-54(30-40-22-24-43(84)25-23-40)68(96)83-27-13-21-56(83)66(94)80-50(29-39-14-6-5-7-15-39)62(90)77-51(31-41-35-73-46-18-10-8-16-44(41)46)63(91)78-52(33-57(71)85)64(92)79-53(34-58(86)87)65(93)82-55(69(97)98)32-42-36-74-47-19-11-9-17-45(42)47/h5-11,14-19,22-25,35-38,48-56,59,73-74,84H,12-13,20-21,26-34,70,72H2,1-4H3,(H2,71,85)(H,75,95)(H,76,88)(H,77,90)(H,78,91)(H,79,92)(H,80,94)(H,81,89)(H,82,93)(H,86,87)(H,97,98)/t48-,49-,50-,51-,52-,53-,54-,55-,56-,59-/m0/s1. The van der Waals surface area contributed by atoms with E-state index in [1.807, 2.05) is 13.8 Å². The zero-order valence-corrected chi connectivity index (χ0v) is 55.0. The number of aromatic nitrogens is 2. The van der Waals surface area contributed by atoms with Gasteiger partial charge >= 0.3 is 11.9 Å². The van der Waals surface area contributed by atoms with Gasteiger partial charge in [-0.3, -0.25) is 52.7 Å². The number of carboxylic acids is 2. The summed E-state index contributed by atoms with van der Waals surface area (Å²) in [6.45, 7) is 7.37. The predicted molar refractivity (Wildman–Crippen MR) is 360 cm³/mol. The van der Waals surface area contributed by atoms with Crippen LogP contribution in [0.5, 0.6) is 5.75 Å². The van der Waals surface area contributed by atoms with E-state index in [-0.39, 0.29) is 75.6 Å². The highest BCUT2D eigenvalue weighted by molar-refractivity contribution is 6.01. The molecule has 29 heteroatoms. The van der Waals surface area contributed by atoms with E-state index in [2.05, 4.69) is 52.5 Å². The number of likely N-dealkylation sites (tertiary alicyclic amines) is 1. The van der Waals surface area contributed by atoms with Crippen LogP contribution < -0.4 is 59.7 Å². The summed E-state index contributed by atoms with van der Waals surface area (Å²) in [5.41, 5.74) is 20.9. The molecule has 6 aromatic rings. The maximum absolute atomic E-state index is 15.1. The first-order valence-electron chi connectivity index (χ1n) is 32.5. The number of phenolic OH excluding ortho intramolecular Hbond substituents is 1. The Morgan fingerprint density at radius 2 is 0.990 bits per heavy atom. The largest absolute Gasteiger partial charge is 0.508 e. The molecule has 0 spiro atoms. The van der Waals surface area contributed by atoms with Crippen molar-refractivity contribution in [1.82, 2.24) is 57.4 Å². The number of carbonyl (C=O) groups is 12. The van der Waals surface area contributed by atoms with Crippen LogP contribution in [0.25, 0.3) is 21.8 Å². The Morgan fingerprint density at radius 3 is 1.54 bits per heavy atom. The second kappa shape index (κ2) is 35.4. The van der Waals surface area contributed by atoms with Crippen molar-refractivity contribution >= 4 is 92.8 Å². The van der Waals surface area contributed by atoms with Gasteiger partial charge in [-0.05, 0) is 97.0 Å². The number of phenols is 1. The molecule has 0 bridgehead atoms. The molecule has 1 saturated heterocycles. The number of benzene rings is 4. The molecule has 98 heavy (non-hydrogen) atoms. The van der Waals surface area contributed by atoms with Gasteiger partial charge in [-0.15, -0.1) is 0 Å². The van der Waals surface area contributed by atoms with Gasteiger partial charge in [0.25, 0.3) is 0 Å². The van der Waals surface area contributed by atoms with Crippen LogP contribution in [0, 0.1) is 11.8 Å². The maximum atomic E-state index is 15.1. The number of rotatable bonds is 36. The topological polar surface area (TPSA) is 475 Å². The number of carbonyl (C=O) groups excluding carboxylic acids is 10. The van der Waals surface area contributed by atoms with Crippen molar-refractivity contribution in [3.8, 4) is 5.75 Å². The summed E-state index contributed by atoms with van der Waals surface area (Å²) in [5, 5.41) is 52.3. The molecule has 0 saturated carbocycles. The molecule has 1 aliphatic rings. The summed E-state index contributed by atoms with van der Waals surface area (Å²) in [7, 11) is 0. The lowest BCUT2D eigenvalue weighted by atomic mass is 9.99. The van der Waals surface area contributed by atoms with Crippen LogP contribution in [-0.4, -0.2) is 175 Å². The van der Waals surface area contributed by atoms with E-state index in [9.17, 15) is 63.3 Å². The van der Waals surface area contributed by atoms with Gasteiger partial charge in [0.05, 0.1) is 18.9 Å². The summed E-state index contributed by atoms with van der Waals surface area (Å²) in [5.74, 6) is -12.8. The minimum atomic E-state index is -1.97. The molecule has 29 nitrogen and oxygen atoms in total. The van der Waals surface area contributed by atoms with E-state index < -0.39 is 144 Å². The van der Waals surface area contributed by atoms with E-state index in [0.717, 1.165) is 0 Å². The minimum Gasteiger partial charge on any atom is -0.508 e. The van der Waals surface area contributed by atoms with Crippen molar-refractivity contribution < 1.29 is 72.9 Å². The number of para-hydroxylation sites is 2. The monoisotopic (exact) mass is 1350 g/mol. The first kappa shape index (κ1) is 74.7. The highest BCUT2D eigenvalue weighted by Crippen LogP contribution is 2.24. The predicted octanol–water partition coefficient (Wildman–Crippen LogP) is 0.698. The molecule has 10 atom stereocenters. The molecule has 0 unspecified atom stereocenters. The average Bonchev–Trinajstić information content (AvgIpc) is 1.72. The van der Waals surface area contributed by atoms with E-state index in [0.29, 0.717) is 56.9 Å². The van der Waals surface area contributed by atoms with Crippen molar-refractivity contribution in [2.24, 2.45) is 29.0 Å². The lowest BCUT2D eigenvalue weighted by Gasteiger charge is -2.31. The number of hydrogen-bond donors (Lipinski definition) is 16. The normalized spacial score (nSPS) is 15.7. The Hall–Kier alpha value is -10.7. The van der Waals surface area contributed by atoms with Crippen LogP contribution in [0.1, 0.15) is 94.9 Å². The van der Waals surface area contributed by atoms with Gasteiger partial charge < -0.3 is 89.9 Å². The highest BCUT2D eigenvalue weighted by Gasteiger charge is 2.41. The van der Waals surface area contributed by atoms with Crippen molar-refractivity contribution in [2.75, 3.05) is 13.1 Å². The fourth-order valence-electron chi connectivity index (χ4n) is 11.6. The third-order valence-corrected chi connectivity index (χ3v) is 16.9. The van der Waals surface area contributed by atoms with E-state index in [1.54, 1.807) is 117 Å². The summed E-state index contributed by atoms with van der Waals surface area (Å²) in [6, 6.07) is 13.8. The summed E-state index contributed by atoms with van der Waals surface area (Å²) in [4.78, 5) is 175. The Balaban J connectivity index is 1.14. The summed E-state index contributed by atoms with van der Waals surface area (Å²) >= 11 is 0. The van der Waals surface area contributed by atoms with Gasteiger partial charge in [-0.1, -0.05) is 107 Å². The molecular formula is C69H88N14O15. The fraction of sp³-hybridized carbons (Fsp3) is 0.420. The smallest absolute Gasteiger partial charge is 0.326 e. The number of carboxylic acid groups (broad SMARTS) is 2.